The number of nitriles is 1. The highest BCUT2D eigenvalue weighted by molar-refractivity contribution is 6.03. The fraction of sp³-hybridized carbons (Fsp3) is 0.462. The van der Waals surface area contributed by atoms with E-state index < -0.39 is 12.1 Å². The maximum absolute atomic E-state index is 12.7. The summed E-state index contributed by atoms with van der Waals surface area (Å²) in [7, 11) is 0. The summed E-state index contributed by atoms with van der Waals surface area (Å²) >= 11 is 0. The number of alkyl halides is 3. The second-order valence-corrected chi connectivity index (χ2v) is 9.12. The molecule has 9 nitrogen and oxygen atoms in total. The lowest BCUT2D eigenvalue weighted by Crippen LogP contribution is -2.34. The van der Waals surface area contributed by atoms with E-state index in [1.54, 1.807) is 0 Å². The van der Waals surface area contributed by atoms with Gasteiger partial charge in [-0.1, -0.05) is 12.1 Å². The van der Waals surface area contributed by atoms with E-state index in [4.69, 9.17) is 15.2 Å². The molecule has 4 rings (SSSR count). The van der Waals surface area contributed by atoms with Crippen molar-refractivity contribution in [1.29, 1.82) is 5.26 Å². The van der Waals surface area contributed by atoms with E-state index in [0.717, 1.165) is 63.0 Å². The molecule has 1 amide bonds. The number of piperidine rings is 1. The van der Waals surface area contributed by atoms with Gasteiger partial charge in [0.05, 0.1) is 6.61 Å². The molecule has 0 spiro atoms. The van der Waals surface area contributed by atoms with E-state index >= 15 is 0 Å². The highest BCUT2D eigenvalue weighted by Crippen LogP contribution is 2.36. The van der Waals surface area contributed by atoms with Crippen molar-refractivity contribution in [3.05, 3.63) is 53.1 Å². The number of aliphatic hydroxyl groups excluding tert-OH is 1. The monoisotopic (exact) mass is 533 g/mol. The molecule has 204 valence electrons. The average Bonchev–Trinajstić information content (AvgIpc) is 3.40. The Bertz CT molecular complexity index is 1190. The summed E-state index contributed by atoms with van der Waals surface area (Å²) in [6.07, 6.45) is 5.25. The molecule has 1 aromatic heterocycles. The van der Waals surface area contributed by atoms with E-state index in [-0.39, 0.29) is 24.0 Å². The number of likely N-dealkylation sites (tertiary alicyclic amines) is 1. The number of nitrogens with one attached hydrogen (secondary N) is 2. The van der Waals surface area contributed by atoms with Crippen molar-refractivity contribution in [2.45, 2.75) is 50.6 Å². The Morgan fingerprint density at radius 1 is 1.24 bits per heavy atom. The molecular formula is C26H30F3N5O4. The Kier molecular flexibility index (Phi) is 10.0. The molecule has 4 N–H and O–H groups in total. The number of carbonyl (C=O) groups excluding carboxylic acids is 1. The predicted molar refractivity (Wildman–Crippen MR) is 133 cm³/mol. The average molecular weight is 534 g/mol. The maximum atomic E-state index is 12.7. The van der Waals surface area contributed by atoms with Crippen LogP contribution < -0.4 is 5.32 Å². The lowest BCUT2D eigenvalue weighted by Gasteiger charge is -2.32. The van der Waals surface area contributed by atoms with Gasteiger partial charge in [-0.05, 0) is 80.8 Å². The van der Waals surface area contributed by atoms with Crippen molar-refractivity contribution < 1.29 is 33.0 Å². The first-order chi connectivity index (χ1) is 18.1. The number of carbonyl (C=O) groups is 2. The first-order valence-electron chi connectivity index (χ1n) is 12.4. The van der Waals surface area contributed by atoms with Crippen molar-refractivity contribution in [1.82, 2.24) is 14.9 Å². The van der Waals surface area contributed by atoms with Crippen LogP contribution in [0.4, 0.5) is 18.9 Å². The number of aromatic amines is 1. The van der Waals surface area contributed by atoms with Gasteiger partial charge in [0.15, 0.2) is 11.5 Å². The van der Waals surface area contributed by atoms with Gasteiger partial charge in [0.25, 0.3) is 5.91 Å². The van der Waals surface area contributed by atoms with Crippen LogP contribution >= 0.6 is 0 Å². The van der Waals surface area contributed by atoms with Gasteiger partial charge in [0.1, 0.15) is 6.07 Å². The molecule has 2 aromatic rings. The number of carboxylic acids is 1. The lowest BCUT2D eigenvalue weighted by molar-refractivity contribution is -0.192. The van der Waals surface area contributed by atoms with E-state index in [0.29, 0.717) is 5.92 Å². The van der Waals surface area contributed by atoms with Crippen molar-refractivity contribution in [3.8, 4) is 6.07 Å². The maximum Gasteiger partial charge on any atom is 0.490 e. The summed E-state index contributed by atoms with van der Waals surface area (Å²) in [5.41, 5.74) is 4.68. The van der Waals surface area contributed by atoms with Crippen LogP contribution in [0.5, 0.6) is 0 Å². The normalized spacial score (nSPS) is 16.6. The number of amides is 1. The molecule has 0 saturated carbocycles. The number of halogens is 3. The molecule has 2 heterocycles. The zero-order chi connectivity index (χ0) is 27.7. The van der Waals surface area contributed by atoms with Crippen molar-refractivity contribution >= 4 is 23.1 Å². The number of hydrogen-bond donors (Lipinski definition) is 4. The molecule has 1 aromatic carbocycles. The second-order valence-electron chi connectivity index (χ2n) is 9.12. The number of aliphatic carboxylic acids is 1. The molecule has 38 heavy (non-hydrogen) atoms. The zero-order valence-corrected chi connectivity index (χ0v) is 20.7. The van der Waals surface area contributed by atoms with Crippen LogP contribution in [-0.4, -0.2) is 69.4 Å². The van der Waals surface area contributed by atoms with Crippen molar-refractivity contribution in [2.75, 3.05) is 31.6 Å². The van der Waals surface area contributed by atoms with E-state index in [1.807, 2.05) is 12.1 Å². The fourth-order valence-corrected chi connectivity index (χ4v) is 4.58. The minimum Gasteiger partial charge on any atom is -0.475 e. The number of allylic oxidation sites excluding steroid dienone is 2. The number of carboxylic acid groups (broad SMARTS) is 1. The fourth-order valence-electron chi connectivity index (χ4n) is 4.58. The van der Waals surface area contributed by atoms with Crippen LogP contribution in [0.25, 0.3) is 5.57 Å². The van der Waals surface area contributed by atoms with E-state index in [1.165, 1.54) is 23.8 Å². The number of hydrogen-bond acceptors (Lipinski definition) is 6. The van der Waals surface area contributed by atoms with Crippen LogP contribution in [0.3, 0.4) is 0 Å². The van der Waals surface area contributed by atoms with Crippen molar-refractivity contribution in [2.24, 2.45) is 0 Å². The highest BCUT2D eigenvalue weighted by Gasteiger charge is 2.38. The number of rotatable bonds is 6. The quantitative estimate of drug-likeness (QED) is 0.434. The third-order valence-corrected chi connectivity index (χ3v) is 6.55. The molecule has 1 fully saturated rings. The number of anilines is 1. The first kappa shape index (κ1) is 28.9. The summed E-state index contributed by atoms with van der Waals surface area (Å²) in [6, 6.07) is 8.32. The number of aliphatic hydroxyl groups is 1. The van der Waals surface area contributed by atoms with Crippen LogP contribution in [0.2, 0.25) is 0 Å². The SMILES string of the molecule is N#Cc1c[nH]c(C(=O)Nc2ccc(C3CCN(CCO)CC3)cc2C2=CCCCC2)n1.O=C(O)C(F)(F)F. The third kappa shape index (κ3) is 7.90. The van der Waals surface area contributed by atoms with E-state index in [9.17, 15) is 23.1 Å². The molecular weight excluding hydrogens is 503 g/mol. The van der Waals surface area contributed by atoms with Gasteiger partial charge in [-0.2, -0.15) is 18.4 Å². The Hall–Kier alpha value is -3.69. The van der Waals surface area contributed by atoms with E-state index in [2.05, 4.69) is 38.4 Å². The summed E-state index contributed by atoms with van der Waals surface area (Å²) in [6.45, 7) is 2.96. The van der Waals surface area contributed by atoms with Gasteiger partial charge in [-0.25, -0.2) is 9.78 Å². The third-order valence-electron chi connectivity index (χ3n) is 6.55. The summed E-state index contributed by atoms with van der Waals surface area (Å²) in [5, 5.41) is 28.2. The second kappa shape index (κ2) is 13.2. The Morgan fingerprint density at radius 3 is 2.50 bits per heavy atom. The van der Waals surface area contributed by atoms with Crippen LogP contribution in [0, 0.1) is 11.3 Å². The molecule has 0 unspecified atom stereocenters. The van der Waals surface area contributed by atoms with Gasteiger partial charge in [-0.3, -0.25) is 4.79 Å². The van der Waals surface area contributed by atoms with Crippen LogP contribution in [0.15, 0.2) is 30.5 Å². The van der Waals surface area contributed by atoms with Crippen molar-refractivity contribution in [3.63, 3.8) is 0 Å². The first-order valence-corrected chi connectivity index (χ1v) is 12.4. The minimum absolute atomic E-state index is 0.139. The number of β-amino-alcohol motifs (C(OH)–C–C–N with tert-alkyl or cyclic N) is 1. The molecule has 1 saturated heterocycles. The molecule has 0 radical (unpaired) electrons. The Morgan fingerprint density at radius 2 is 1.95 bits per heavy atom. The standard InChI is InChI=1S/C24H29N5O2.C2HF3O2/c25-15-20-16-26-23(27-20)24(31)28-22-7-6-19(14-21(22)18-4-2-1-3-5-18)17-8-10-29(11-9-17)12-13-30;3-2(4,5)1(6)7/h4,6-7,14,16-17,30H,1-3,5,8-13H2,(H,26,27)(H,28,31);(H,6,7). The molecule has 2 aliphatic rings. The Balaban J connectivity index is 0.000000505. The number of imidazole rings is 1. The molecule has 1 aliphatic carbocycles. The van der Waals surface area contributed by atoms with Gasteiger partial charge in [-0.15, -0.1) is 0 Å². The minimum atomic E-state index is -5.08. The number of H-pyrrole nitrogens is 1. The molecule has 1 aliphatic heterocycles. The Labute approximate surface area is 218 Å². The summed E-state index contributed by atoms with van der Waals surface area (Å²) < 4.78 is 31.7. The molecule has 0 bridgehead atoms. The van der Waals surface area contributed by atoms with Gasteiger partial charge in [0, 0.05) is 24.0 Å². The van der Waals surface area contributed by atoms with Crippen LogP contribution in [0.1, 0.15) is 71.9 Å². The number of benzene rings is 1. The number of nitrogens with zero attached hydrogens (tertiary/aromatic N) is 3. The van der Waals surface area contributed by atoms with Gasteiger partial charge < -0.3 is 25.4 Å². The van der Waals surface area contributed by atoms with Crippen LogP contribution in [-0.2, 0) is 4.79 Å². The summed E-state index contributed by atoms with van der Waals surface area (Å²) in [5.74, 6) is -2.47. The molecule has 12 heteroatoms. The largest absolute Gasteiger partial charge is 0.490 e. The zero-order valence-electron chi connectivity index (χ0n) is 20.7. The smallest absolute Gasteiger partial charge is 0.475 e. The highest BCUT2D eigenvalue weighted by atomic mass is 19.4. The summed E-state index contributed by atoms with van der Waals surface area (Å²) in [4.78, 5) is 30.7. The predicted octanol–water partition coefficient (Wildman–Crippen LogP) is 4.30. The number of aromatic nitrogens is 2. The molecule has 0 atom stereocenters. The topological polar surface area (TPSA) is 142 Å². The van der Waals surface area contributed by atoms with Gasteiger partial charge >= 0.3 is 12.1 Å². The lowest BCUT2D eigenvalue weighted by atomic mass is 9.85. The van der Waals surface area contributed by atoms with Gasteiger partial charge in [0.2, 0.25) is 0 Å².